The average molecular weight is 493 g/mol. The Morgan fingerprint density at radius 3 is 2.03 bits per heavy atom. The fourth-order valence-electron chi connectivity index (χ4n) is 3.64. The molecule has 4 rings (SSSR count). The Morgan fingerprint density at radius 1 is 0.861 bits per heavy atom. The van der Waals surface area contributed by atoms with E-state index in [-0.39, 0.29) is 18.2 Å². The minimum atomic E-state index is -0.152. The summed E-state index contributed by atoms with van der Waals surface area (Å²) >= 11 is 1.40. The molecule has 0 radical (unpaired) electrons. The lowest BCUT2D eigenvalue weighted by molar-refractivity contribution is -0.116. The van der Waals surface area contributed by atoms with E-state index in [1.807, 2.05) is 66.7 Å². The van der Waals surface area contributed by atoms with Gasteiger partial charge >= 0.3 is 0 Å². The van der Waals surface area contributed by atoms with Gasteiger partial charge in [0.2, 0.25) is 11.8 Å². The predicted octanol–water partition coefficient (Wildman–Crippen LogP) is 6.37. The van der Waals surface area contributed by atoms with Gasteiger partial charge in [-0.2, -0.15) is 5.26 Å². The quantitative estimate of drug-likeness (QED) is 0.279. The molecule has 7 heteroatoms. The molecule has 0 bridgehead atoms. The summed E-state index contributed by atoms with van der Waals surface area (Å²) in [6.07, 6.45) is 0.251. The molecule has 0 atom stereocenters. The summed E-state index contributed by atoms with van der Waals surface area (Å²) in [6, 6.07) is 30.8. The Bertz CT molecular complexity index is 1400. The van der Waals surface area contributed by atoms with Crippen molar-refractivity contribution in [1.82, 2.24) is 4.98 Å². The molecule has 0 unspecified atom stereocenters. The standard InChI is InChI=1S/C29H24N4O2S/c1-20(34)31-23-12-14-24(15-13-23)32-28(35)16-17-36-29-26(19-30)25(21-8-4-2-5-9-21)18-27(33-29)22-10-6-3-7-11-22/h2-15,18H,16-17H2,1H3,(H,31,34)(H,32,35). The molecule has 0 fully saturated rings. The van der Waals surface area contributed by atoms with Gasteiger partial charge in [0.25, 0.3) is 0 Å². The summed E-state index contributed by atoms with van der Waals surface area (Å²) in [7, 11) is 0. The Balaban J connectivity index is 1.50. The molecule has 36 heavy (non-hydrogen) atoms. The van der Waals surface area contributed by atoms with Crippen molar-refractivity contribution >= 4 is 35.0 Å². The monoisotopic (exact) mass is 492 g/mol. The first-order valence-electron chi connectivity index (χ1n) is 11.4. The Hall–Kier alpha value is -4.41. The predicted molar refractivity (Wildman–Crippen MR) is 145 cm³/mol. The van der Waals surface area contributed by atoms with Gasteiger partial charge in [-0.15, -0.1) is 11.8 Å². The van der Waals surface area contributed by atoms with Crippen molar-refractivity contribution < 1.29 is 9.59 Å². The fraction of sp³-hybridized carbons (Fsp3) is 0.103. The number of rotatable bonds is 8. The van der Waals surface area contributed by atoms with Gasteiger partial charge in [0, 0.05) is 41.6 Å². The van der Waals surface area contributed by atoms with Gasteiger partial charge in [-0.25, -0.2) is 4.98 Å². The molecule has 4 aromatic rings. The van der Waals surface area contributed by atoms with E-state index >= 15 is 0 Å². The number of amides is 2. The number of carbonyl (C=O) groups excluding carboxylic acids is 2. The smallest absolute Gasteiger partial charge is 0.225 e. The highest BCUT2D eigenvalue weighted by molar-refractivity contribution is 7.99. The fourth-order valence-corrected chi connectivity index (χ4v) is 4.58. The van der Waals surface area contributed by atoms with Crippen LogP contribution in [0.15, 0.2) is 96.0 Å². The van der Waals surface area contributed by atoms with Crippen LogP contribution >= 0.6 is 11.8 Å². The van der Waals surface area contributed by atoms with Crippen LogP contribution in [0.4, 0.5) is 11.4 Å². The molecule has 1 heterocycles. The normalized spacial score (nSPS) is 10.3. The number of hydrogen-bond donors (Lipinski definition) is 2. The molecule has 0 saturated heterocycles. The second kappa shape index (κ2) is 11.8. The van der Waals surface area contributed by atoms with Crippen molar-refractivity contribution in [2.45, 2.75) is 18.4 Å². The summed E-state index contributed by atoms with van der Waals surface area (Å²) in [4.78, 5) is 28.5. The number of nitriles is 1. The number of nitrogens with one attached hydrogen (secondary N) is 2. The van der Waals surface area contributed by atoms with Crippen LogP contribution in [-0.2, 0) is 9.59 Å². The Morgan fingerprint density at radius 2 is 1.44 bits per heavy atom. The number of aromatic nitrogens is 1. The van der Waals surface area contributed by atoms with E-state index in [0.29, 0.717) is 27.7 Å². The minimum Gasteiger partial charge on any atom is -0.326 e. The lowest BCUT2D eigenvalue weighted by Gasteiger charge is -2.13. The molecule has 0 aliphatic heterocycles. The summed E-state index contributed by atoms with van der Waals surface area (Å²) in [6.45, 7) is 1.44. The summed E-state index contributed by atoms with van der Waals surface area (Å²) in [5, 5.41) is 16.1. The van der Waals surface area contributed by atoms with Crippen molar-refractivity contribution in [2.24, 2.45) is 0 Å². The zero-order chi connectivity index (χ0) is 25.3. The van der Waals surface area contributed by atoms with Crippen molar-refractivity contribution in [3.8, 4) is 28.5 Å². The van der Waals surface area contributed by atoms with E-state index in [2.05, 4.69) is 16.7 Å². The number of anilines is 2. The van der Waals surface area contributed by atoms with E-state index < -0.39 is 0 Å². The molecule has 3 aromatic carbocycles. The highest BCUT2D eigenvalue weighted by Crippen LogP contribution is 2.34. The lowest BCUT2D eigenvalue weighted by Crippen LogP contribution is -2.12. The molecule has 178 valence electrons. The van der Waals surface area contributed by atoms with Crippen molar-refractivity contribution in [2.75, 3.05) is 16.4 Å². The maximum atomic E-state index is 12.5. The maximum absolute atomic E-state index is 12.5. The van der Waals surface area contributed by atoms with Crippen LogP contribution in [0.25, 0.3) is 22.4 Å². The molecule has 6 nitrogen and oxygen atoms in total. The molecule has 0 aliphatic carbocycles. The van der Waals surface area contributed by atoms with E-state index in [1.165, 1.54) is 18.7 Å². The number of thioether (sulfide) groups is 1. The molecule has 1 aromatic heterocycles. The first kappa shape index (κ1) is 24.7. The Kier molecular flexibility index (Phi) is 8.12. The van der Waals surface area contributed by atoms with Crippen LogP contribution in [0, 0.1) is 11.3 Å². The van der Waals surface area contributed by atoms with Gasteiger partial charge in [0.1, 0.15) is 11.1 Å². The van der Waals surface area contributed by atoms with Crippen LogP contribution < -0.4 is 10.6 Å². The number of nitrogens with zero attached hydrogens (tertiary/aromatic N) is 2. The second-order valence-corrected chi connectivity index (χ2v) is 9.07. The second-order valence-electron chi connectivity index (χ2n) is 7.98. The average Bonchev–Trinajstić information content (AvgIpc) is 2.90. The molecular weight excluding hydrogens is 468 g/mol. The first-order chi connectivity index (χ1) is 17.5. The van der Waals surface area contributed by atoms with Gasteiger partial charge in [-0.1, -0.05) is 60.7 Å². The van der Waals surface area contributed by atoms with Crippen LogP contribution in [0.2, 0.25) is 0 Å². The first-order valence-corrected chi connectivity index (χ1v) is 12.4. The van der Waals surface area contributed by atoms with Crippen LogP contribution in [0.3, 0.4) is 0 Å². The van der Waals surface area contributed by atoms with Gasteiger partial charge in [0.05, 0.1) is 11.3 Å². The molecule has 0 spiro atoms. The third kappa shape index (κ3) is 6.38. The van der Waals surface area contributed by atoms with Crippen molar-refractivity contribution in [3.63, 3.8) is 0 Å². The largest absolute Gasteiger partial charge is 0.326 e. The van der Waals surface area contributed by atoms with Gasteiger partial charge in [0.15, 0.2) is 0 Å². The third-order valence-electron chi connectivity index (χ3n) is 5.31. The molecule has 0 saturated carbocycles. The van der Waals surface area contributed by atoms with E-state index in [9.17, 15) is 14.9 Å². The highest BCUT2D eigenvalue weighted by Gasteiger charge is 2.16. The number of carbonyl (C=O) groups is 2. The van der Waals surface area contributed by atoms with E-state index in [4.69, 9.17) is 4.98 Å². The van der Waals surface area contributed by atoms with E-state index in [1.54, 1.807) is 24.3 Å². The third-order valence-corrected chi connectivity index (χ3v) is 6.29. The summed E-state index contributed by atoms with van der Waals surface area (Å²) in [5.41, 5.74) is 5.31. The zero-order valence-corrected chi connectivity index (χ0v) is 20.5. The van der Waals surface area contributed by atoms with Gasteiger partial charge in [-0.05, 0) is 35.9 Å². The SMILES string of the molecule is CC(=O)Nc1ccc(NC(=O)CCSc2nc(-c3ccccc3)cc(-c3ccccc3)c2C#N)cc1. The molecule has 2 N–H and O–H groups in total. The van der Waals surface area contributed by atoms with E-state index in [0.717, 1.165) is 22.4 Å². The lowest BCUT2D eigenvalue weighted by atomic mass is 9.99. The van der Waals surface area contributed by atoms with Crippen molar-refractivity contribution in [1.29, 1.82) is 5.26 Å². The maximum Gasteiger partial charge on any atom is 0.225 e. The Labute approximate surface area is 214 Å². The zero-order valence-electron chi connectivity index (χ0n) is 19.7. The topological polar surface area (TPSA) is 94.9 Å². The number of benzene rings is 3. The van der Waals surface area contributed by atoms with Crippen LogP contribution in [-0.4, -0.2) is 22.6 Å². The number of hydrogen-bond acceptors (Lipinski definition) is 5. The highest BCUT2D eigenvalue weighted by atomic mass is 32.2. The summed E-state index contributed by atoms with van der Waals surface area (Å²) < 4.78 is 0. The molecular formula is C29H24N4O2S. The van der Waals surface area contributed by atoms with Gasteiger partial charge in [-0.3, -0.25) is 9.59 Å². The van der Waals surface area contributed by atoms with Crippen LogP contribution in [0.1, 0.15) is 18.9 Å². The molecule has 0 aliphatic rings. The van der Waals surface area contributed by atoms with Crippen molar-refractivity contribution in [3.05, 3.63) is 96.6 Å². The summed E-state index contributed by atoms with van der Waals surface area (Å²) in [5.74, 6) is 0.168. The number of pyridine rings is 1. The molecule has 2 amide bonds. The van der Waals surface area contributed by atoms with Gasteiger partial charge < -0.3 is 10.6 Å². The minimum absolute atomic E-state index is 0.143. The van der Waals surface area contributed by atoms with Crippen LogP contribution in [0.5, 0.6) is 0 Å².